The number of aromatic nitrogens is 4. The summed E-state index contributed by atoms with van der Waals surface area (Å²) in [6, 6.07) is 11.8. The van der Waals surface area contributed by atoms with E-state index in [9.17, 15) is 8.42 Å². The lowest BCUT2D eigenvalue weighted by Crippen LogP contribution is -2.09. The Balaban J connectivity index is 1.70. The molecule has 1 N–H and O–H groups in total. The first-order valence-electron chi connectivity index (χ1n) is 7.01. The van der Waals surface area contributed by atoms with Gasteiger partial charge in [-0.05, 0) is 43.3 Å². The van der Waals surface area contributed by atoms with E-state index < -0.39 is 10.0 Å². The van der Waals surface area contributed by atoms with Crippen LogP contribution in [0.2, 0.25) is 0 Å². The molecular weight excluding hydrogens is 330 g/mol. The largest absolute Gasteiger partial charge is 0.438 e. The van der Waals surface area contributed by atoms with Gasteiger partial charge in [0, 0.05) is 18.0 Å². The summed E-state index contributed by atoms with van der Waals surface area (Å²) in [7, 11) is -3.30. The molecule has 0 atom stereocenters. The summed E-state index contributed by atoms with van der Waals surface area (Å²) < 4.78 is 31.9. The van der Waals surface area contributed by atoms with Crippen LogP contribution < -0.4 is 9.46 Å². The van der Waals surface area contributed by atoms with Crippen LogP contribution in [0.5, 0.6) is 11.6 Å². The van der Waals surface area contributed by atoms with Crippen LogP contribution >= 0.6 is 0 Å². The summed E-state index contributed by atoms with van der Waals surface area (Å²) >= 11 is 0. The number of benzene rings is 1. The van der Waals surface area contributed by atoms with Gasteiger partial charge in [-0.3, -0.25) is 4.72 Å². The van der Waals surface area contributed by atoms with E-state index >= 15 is 0 Å². The van der Waals surface area contributed by atoms with E-state index in [4.69, 9.17) is 4.74 Å². The standard InChI is InChI=1S/C15H15N5O3S/c1-11-9-10-20(18-11)14-7-8-15(17-16-14)23-13-5-3-12(4-6-13)19-24(2,21)22/h3-10,19H,1-2H3. The minimum Gasteiger partial charge on any atom is -0.438 e. The maximum absolute atomic E-state index is 11.2. The molecule has 0 fully saturated rings. The van der Waals surface area contributed by atoms with Gasteiger partial charge in [-0.1, -0.05) is 0 Å². The maximum Gasteiger partial charge on any atom is 0.238 e. The number of ether oxygens (including phenoxy) is 1. The Morgan fingerprint density at radius 2 is 1.79 bits per heavy atom. The van der Waals surface area contributed by atoms with Crippen molar-refractivity contribution in [1.82, 2.24) is 20.0 Å². The fourth-order valence-electron chi connectivity index (χ4n) is 1.96. The zero-order valence-electron chi connectivity index (χ0n) is 13.0. The molecule has 24 heavy (non-hydrogen) atoms. The molecule has 3 aromatic rings. The topological polar surface area (TPSA) is 99.0 Å². The highest BCUT2D eigenvalue weighted by atomic mass is 32.2. The summed E-state index contributed by atoms with van der Waals surface area (Å²) in [5.41, 5.74) is 1.35. The normalized spacial score (nSPS) is 11.2. The molecule has 0 spiro atoms. The van der Waals surface area contributed by atoms with Gasteiger partial charge in [0.05, 0.1) is 11.9 Å². The fourth-order valence-corrected chi connectivity index (χ4v) is 2.52. The maximum atomic E-state index is 11.2. The quantitative estimate of drug-likeness (QED) is 0.760. The third-order valence-electron chi connectivity index (χ3n) is 2.96. The first-order chi connectivity index (χ1) is 11.4. The molecule has 0 radical (unpaired) electrons. The van der Waals surface area contributed by atoms with Crippen LogP contribution in [-0.2, 0) is 10.0 Å². The van der Waals surface area contributed by atoms with Gasteiger partial charge in [0.15, 0.2) is 5.82 Å². The Bertz CT molecular complexity index is 934. The number of rotatable bonds is 5. The third kappa shape index (κ3) is 4.07. The van der Waals surface area contributed by atoms with Gasteiger partial charge >= 0.3 is 0 Å². The molecule has 0 aliphatic rings. The summed E-state index contributed by atoms with van der Waals surface area (Å²) in [4.78, 5) is 0. The molecule has 9 heteroatoms. The second-order valence-corrected chi connectivity index (χ2v) is 6.88. The number of anilines is 1. The van der Waals surface area contributed by atoms with E-state index in [2.05, 4.69) is 20.0 Å². The second kappa shape index (κ2) is 6.28. The van der Waals surface area contributed by atoms with Gasteiger partial charge in [-0.15, -0.1) is 10.2 Å². The Labute approximate surface area is 139 Å². The molecule has 124 valence electrons. The van der Waals surface area contributed by atoms with Crippen molar-refractivity contribution in [3.8, 4) is 17.4 Å². The summed E-state index contributed by atoms with van der Waals surface area (Å²) in [6.45, 7) is 1.89. The molecule has 1 aromatic carbocycles. The van der Waals surface area contributed by atoms with Crippen molar-refractivity contribution >= 4 is 15.7 Å². The average molecular weight is 345 g/mol. The molecule has 0 aliphatic carbocycles. The smallest absolute Gasteiger partial charge is 0.238 e. The van der Waals surface area contributed by atoms with Crippen molar-refractivity contribution in [3.05, 3.63) is 54.4 Å². The van der Waals surface area contributed by atoms with Gasteiger partial charge in [0.1, 0.15) is 5.75 Å². The molecule has 8 nitrogen and oxygen atoms in total. The molecule has 0 saturated heterocycles. The molecule has 2 heterocycles. The fraction of sp³-hybridized carbons (Fsp3) is 0.133. The predicted octanol–water partition coefficient (Wildman–Crippen LogP) is 2.13. The molecule has 2 aromatic heterocycles. The molecule has 0 unspecified atom stereocenters. The molecule has 0 saturated carbocycles. The number of nitrogens with zero attached hydrogens (tertiary/aromatic N) is 4. The summed E-state index contributed by atoms with van der Waals surface area (Å²) in [5, 5.41) is 12.3. The molecule has 0 aliphatic heterocycles. The third-order valence-corrected chi connectivity index (χ3v) is 3.57. The van der Waals surface area contributed by atoms with E-state index in [-0.39, 0.29) is 0 Å². The Hall–Kier alpha value is -2.94. The molecule has 3 rings (SSSR count). The lowest BCUT2D eigenvalue weighted by Gasteiger charge is -2.07. The first kappa shape index (κ1) is 15.9. The van der Waals surface area contributed by atoms with Crippen molar-refractivity contribution in [2.45, 2.75) is 6.92 Å². The predicted molar refractivity (Wildman–Crippen MR) is 88.9 cm³/mol. The molecular formula is C15H15N5O3S. The summed E-state index contributed by atoms with van der Waals surface area (Å²) in [5.74, 6) is 1.43. The van der Waals surface area contributed by atoms with Crippen molar-refractivity contribution in [2.24, 2.45) is 0 Å². The minimum atomic E-state index is -3.30. The number of nitrogens with one attached hydrogen (secondary N) is 1. The van der Waals surface area contributed by atoms with Crippen molar-refractivity contribution in [2.75, 3.05) is 11.0 Å². The van der Waals surface area contributed by atoms with Crippen LogP contribution in [0.25, 0.3) is 5.82 Å². The molecule has 0 bridgehead atoms. The Morgan fingerprint density at radius 3 is 2.33 bits per heavy atom. The van der Waals surface area contributed by atoms with Crippen LogP contribution in [0, 0.1) is 6.92 Å². The van der Waals surface area contributed by atoms with Crippen molar-refractivity contribution < 1.29 is 13.2 Å². The highest BCUT2D eigenvalue weighted by molar-refractivity contribution is 7.92. The first-order valence-corrected chi connectivity index (χ1v) is 8.90. The highest BCUT2D eigenvalue weighted by Gasteiger charge is 2.05. The molecule has 0 amide bonds. The van der Waals surface area contributed by atoms with Gasteiger partial charge in [-0.25, -0.2) is 13.1 Å². The van der Waals surface area contributed by atoms with Gasteiger partial charge in [0.25, 0.3) is 0 Å². The lowest BCUT2D eigenvalue weighted by atomic mass is 10.3. The van der Waals surface area contributed by atoms with Crippen molar-refractivity contribution in [3.63, 3.8) is 0 Å². The van der Waals surface area contributed by atoms with Gasteiger partial charge in [-0.2, -0.15) is 5.10 Å². The Kier molecular flexibility index (Phi) is 4.17. The zero-order chi connectivity index (χ0) is 17.2. The number of aryl methyl sites for hydroxylation is 1. The van der Waals surface area contributed by atoms with E-state index in [0.717, 1.165) is 11.9 Å². The average Bonchev–Trinajstić information content (AvgIpc) is 2.95. The summed E-state index contributed by atoms with van der Waals surface area (Å²) in [6.07, 6.45) is 2.89. The number of hydrogen-bond acceptors (Lipinski definition) is 6. The van der Waals surface area contributed by atoms with E-state index in [1.807, 2.05) is 13.0 Å². The van der Waals surface area contributed by atoms with E-state index in [1.54, 1.807) is 47.3 Å². The zero-order valence-corrected chi connectivity index (χ0v) is 13.9. The highest BCUT2D eigenvalue weighted by Crippen LogP contribution is 2.21. The van der Waals surface area contributed by atoms with Crippen LogP contribution in [0.1, 0.15) is 5.69 Å². The number of sulfonamides is 1. The minimum absolute atomic E-state index is 0.325. The lowest BCUT2D eigenvalue weighted by molar-refractivity contribution is 0.454. The van der Waals surface area contributed by atoms with E-state index in [1.165, 1.54) is 0 Å². The number of hydrogen-bond donors (Lipinski definition) is 1. The monoisotopic (exact) mass is 345 g/mol. The van der Waals surface area contributed by atoms with Crippen LogP contribution in [0.15, 0.2) is 48.7 Å². The van der Waals surface area contributed by atoms with E-state index in [0.29, 0.717) is 23.1 Å². The van der Waals surface area contributed by atoms with Crippen molar-refractivity contribution in [1.29, 1.82) is 0 Å². The van der Waals surface area contributed by atoms with Gasteiger partial charge in [0.2, 0.25) is 15.9 Å². The Morgan fingerprint density at radius 1 is 1.04 bits per heavy atom. The van der Waals surface area contributed by atoms with Crippen LogP contribution in [-0.4, -0.2) is 34.7 Å². The van der Waals surface area contributed by atoms with Gasteiger partial charge < -0.3 is 4.74 Å². The SMILES string of the molecule is Cc1ccn(-c2ccc(Oc3ccc(NS(C)(=O)=O)cc3)nn2)n1. The van der Waals surface area contributed by atoms with Crippen LogP contribution in [0.4, 0.5) is 5.69 Å². The van der Waals surface area contributed by atoms with Crippen LogP contribution in [0.3, 0.4) is 0 Å². The second-order valence-electron chi connectivity index (χ2n) is 5.13.